The number of imide groups is 1. The first-order valence-corrected chi connectivity index (χ1v) is 11.9. The van der Waals surface area contributed by atoms with Crippen molar-refractivity contribution < 1.29 is 28.6 Å². The number of carbonyl (C=O) groups is 3. The van der Waals surface area contributed by atoms with Crippen LogP contribution in [0.2, 0.25) is 0 Å². The van der Waals surface area contributed by atoms with Gasteiger partial charge in [-0.25, -0.2) is 0 Å². The van der Waals surface area contributed by atoms with Gasteiger partial charge in [-0.3, -0.25) is 19.3 Å². The highest BCUT2D eigenvalue weighted by molar-refractivity contribution is 9.10. The lowest BCUT2D eigenvalue weighted by Gasteiger charge is -2.14. The minimum atomic E-state index is -0.609. The third kappa shape index (κ3) is 6.61. The number of amides is 2. The van der Waals surface area contributed by atoms with Gasteiger partial charge in [0.2, 0.25) is 0 Å². The highest BCUT2D eigenvalue weighted by Gasteiger charge is 2.36. The van der Waals surface area contributed by atoms with E-state index in [0.29, 0.717) is 30.1 Å². The van der Waals surface area contributed by atoms with E-state index in [0.717, 1.165) is 26.7 Å². The lowest BCUT2D eigenvalue weighted by atomic mass is 10.1. The second kappa shape index (κ2) is 11.4. The summed E-state index contributed by atoms with van der Waals surface area (Å²) < 4.78 is 17.5. The Labute approximate surface area is 205 Å². The van der Waals surface area contributed by atoms with E-state index in [9.17, 15) is 14.4 Å². The summed E-state index contributed by atoms with van der Waals surface area (Å²) in [6, 6.07) is 13.0. The van der Waals surface area contributed by atoms with Crippen molar-refractivity contribution in [3.8, 4) is 11.5 Å². The molecule has 1 fully saturated rings. The summed E-state index contributed by atoms with van der Waals surface area (Å²) in [7, 11) is 1.53. The molecule has 2 amide bonds. The lowest BCUT2D eigenvalue weighted by molar-refractivity contribution is -0.150. The molecule has 0 aromatic heterocycles. The van der Waals surface area contributed by atoms with Gasteiger partial charge < -0.3 is 14.2 Å². The highest BCUT2D eigenvalue weighted by atomic mass is 79.9. The molecule has 0 saturated carbocycles. The summed E-state index contributed by atoms with van der Waals surface area (Å²) in [5, 5.41) is -0.506. The Morgan fingerprint density at radius 2 is 1.88 bits per heavy atom. The zero-order valence-electron chi connectivity index (χ0n) is 18.5. The van der Waals surface area contributed by atoms with Crippen LogP contribution in [-0.4, -0.2) is 41.8 Å². The van der Waals surface area contributed by atoms with E-state index in [4.69, 9.17) is 14.2 Å². The third-order valence-corrected chi connectivity index (χ3v) is 6.30. The number of hydrogen-bond donors (Lipinski definition) is 0. The summed E-state index contributed by atoms with van der Waals surface area (Å²) in [5.74, 6) is -0.0850. The molecule has 0 aliphatic carbocycles. The van der Waals surface area contributed by atoms with E-state index in [1.54, 1.807) is 31.2 Å². The molecule has 174 valence electrons. The molecule has 33 heavy (non-hydrogen) atoms. The van der Waals surface area contributed by atoms with Gasteiger partial charge in [0.25, 0.3) is 11.1 Å². The number of ether oxygens (including phenoxy) is 3. The van der Waals surface area contributed by atoms with Crippen LogP contribution < -0.4 is 9.47 Å². The number of carbonyl (C=O) groups excluding carboxylic acids is 3. The molecule has 1 atom stereocenters. The first-order valence-electron chi connectivity index (χ1n) is 10.3. The quantitative estimate of drug-likeness (QED) is 0.314. The van der Waals surface area contributed by atoms with Crippen LogP contribution in [0.25, 0.3) is 6.08 Å². The van der Waals surface area contributed by atoms with Crippen LogP contribution in [-0.2, 0) is 20.9 Å². The highest BCUT2D eigenvalue weighted by Crippen LogP contribution is 2.34. The number of benzene rings is 2. The smallest absolute Gasteiger partial charge is 0.326 e. The Kier molecular flexibility index (Phi) is 8.57. The molecule has 1 heterocycles. The molecule has 2 aromatic carbocycles. The van der Waals surface area contributed by atoms with Gasteiger partial charge in [-0.05, 0) is 66.6 Å². The van der Waals surface area contributed by atoms with Crippen molar-refractivity contribution in [2.45, 2.75) is 33.0 Å². The van der Waals surface area contributed by atoms with Gasteiger partial charge in [-0.2, -0.15) is 0 Å². The Hall–Kier alpha value is -2.78. The van der Waals surface area contributed by atoms with Crippen molar-refractivity contribution in [3.05, 3.63) is 63.0 Å². The summed E-state index contributed by atoms with van der Waals surface area (Å²) >= 11 is 4.19. The van der Waals surface area contributed by atoms with Gasteiger partial charge in [-0.1, -0.05) is 41.1 Å². The maximum absolute atomic E-state index is 12.7. The van der Waals surface area contributed by atoms with Gasteiger partial charge in [0.15, 0.2) is 11.5 Å². The molecule has 0 radical (unpaired) electrons. The van der Waals surface area contributed by atoms with E-state index < -0.39 is 23.7 Å². The monoisotopic (exact) mass is 533 g/mol. The van der Waals surface area contributed by atoms with Crippen LogP contribution in [0.5, 0.6) is 11.5 Å². The van der Waals surface area contributed by atoms with E-state index in [-0.39, 0.29) is 11.0 Å². The minimum absolute atomic E-state index is 0.224. The number of rotatable bonds is 9. The van der Waals surface area contributed by atoms with Crippen molar-refractivity contribution in [1.29, 1.82) is 0 Å². The standard InChI is InChI=1S/C24H24BrNO6S/c1-4-15(2)32-22(27)13-26-23(28)21(33-24(26)29)12-17-7-10-19(20(11-17)30-3)31-14-16-5-8-18(25)9-6-16/h5-12,15H,4,13-14H2,1-3H3/b21-12-/t15-/m1/s1. The molecule has 9 heteroatoms. The number of hydrogen-bond acceptors (Lipinski definition) is 7. The molecule has 0 unspecified atom stereocenters. The van der Waals surface area contributed by atoms with E-state index in [1.165, 1.54) is 7.11 Å². The minimum Gasteiger partial charge on any atom is -0.493 e. The molecule has 1 saturated heterocycles. The molecule has 7 nitrogen and oxygen atoms in total. The lowest BCUT2D eigenvalue weighted by Crippen LogP contribution is -2.35. The fourth-order valence-electron chi connectivity index (χ4n) is 2.90. The maximum Gasteiger partial charge on any atom is 0.326 e. The Bertz CT molecular complexity index is 1070. The number of esters is 1. The zero-order chi connectivity index (χ0) is 24.0. The van der Waals surface area contributed by atoms with E-state index in [1.807, 2.05) is 31.2 Å². The van der Waals surface area contributed by atoms with Crippen molar-refractivity contribution in [2.24, 2.45) is 0 Å². The summed E-state index contributed by atoms with van der Waals surface area (Å²) in [6.07, 6.45) is 1.97. The first-order chi connectivity index (χ1) is 15.8. The summed E-state index contributed by atoms with van der Waals surface area (Å²) in [5.41, 5.74) is 1.67. The van der Waals surface area contributed by atoms with Crippen LogP contribution in [0.1, 0.15) is 31.4 Å². The predicted molar refractivity (Wildman–Crippen MR) is 130 cm³/mol. The third-order valence-electron chi connectivity index (χ3n) is 4.86. The second-order valence-corrected chi connectivity index (χ2v) is 9.21. The SMILES string of the molecule is CC[C@@H](C)OC(=O)CN1C(=O)S/C(=C\c2ccc(OCc3ccc(Br)cc3)c(OC)c2)C1=O. The average molecular weight is 534 g/mol. The van der Waals surface area contributed by atoms with Crippen LogP contribution >= 0.6 is 27.7 Å². The normalized spacial score (nSPS) is 15.6. The van der Waals surface area contributed by atoms with E-state index in [2.05, 4.69) is 15.9 Å². The van der Waals surface area contributed by atoms with E-state index >= 15 is 0 Å². The largest absolute Gasteiger partial charge is 0.493 e. The van der Waals surface area contributed by atoms with Crippen molar-refractivity contribution in [2.75, 3.05) is 13.7 Å². The van der Waals surface area contributed by atoms with Gasteiger partial charge in [0, 0.05) is 4.47 Å². The predicted octanol–water partition coefficient (Wildman–Crippen LogP) is 5.41. The first kappa shape index (κ1) is 24.9. The molecule has 0 N–H and O–H groups in total. The van der Waals surface area contributed by atoms with Gasteiger partial charge in [0.05, 0.1) is 18.1 Å². The fraction of sp³-hybridized carbons (Fsp3) is 0.292. The Morgan fingerprint density at radius 3 is 2.55 bits per heavy atom. The molecule has 1 aliphatic heterocycles. The molecule has 3 rings (SSSR count). The molecule has 0 bridgehead atoms. The number of methoxy groups -OCH3 is 1. The van der Waals surface area contributed by atoms with Crippen LogP contribution in [0, 0.1) is 0 Å². The second-order valence-electron chi connectivity index (χ2n) is 7.30. The van der Waals surface area contributed by atoms with Crippen molar-refractivity contribution >= 4 is 50.9 Å². The maximum atomic E-state index is 12.7. The van der Waals surface area contributed by atoms with Gasteiger partial charge in [0.1, 0.15) is 13.2 Å². The Balaban J connectivity index is 1.69. The van der Waals surface area contributed by atoms with Crippen LogP contribution in [0.3, 0.4) is 0 Å². The summed E-state index contributed by atoms with van der Waals surface area (Å²) in [4.78, 5) is 38.0. The number of thioether (sulfide) groups is 1. The molecular formula is C24H24BrNO6S. The zero-order valence-corrected chi connectivity index (χ0v) is 20.9. The number of halogens is 1. The van der Waals surface area contributed by atoms with Crippen LogP contribution in [0.15, 0.2) is 51.8 Å². The van der Waals surface area contributed by atoms with Gasteiger partial charge >= 0.3 is 5.97 Å². The fourth-order valence-corrected chi connectivity index (χ4v) is 4.00. The molecule has 2 aromatic rings. The van der Waals surface area contributed by atoms with Crippen molar-refractivity contribution in [3.63, 3.8) is 0 Å². The molecule has 0 spiro atoms. The summed E-state index contributed by atoms with van der Waals surface area (Å²) in [6.45, 7) is 3.60. The number of nitrogens with zero attached hydrogens (tertiary/aromatic N) is 1. The average Bonchev–Trinajstić information content (AvgIpc) is 3.06. The molecule has 1 aliphatic rings. The Morgan fingerprint density at radius 1 is 1.15 bits per heavy atom. The topological polar surface area (TPSA) is 82.1 Å². The van der Waals surface area contributed by atoms with Crippen molar-refractivity contribution in [1.82, 2.24) is 4.90 Å². The molecular weight excluding hydrogens is 510 g/mol. The van der Waals surface area contributed by atoms with Crippen LogP contribution in [0.4, 0.5) is 4.79 Å². The van der Waals surface area contributed by atoms with Gasteiger partial charge in [-0.15, -0.1) is 0 Å².